The Morgan fingerprint density at radius 3 is 2.81 bits per heavy atom. The van der Waals surface area contributed by atoms with Crippen LogP contribution in [0.15, 0.2) is 34.2 Å². The lowest BCUT2D eigenvalue weighted by Gasteiger charge is -2.17. The number of benzene rings is 1. The molecule has 0 aromatic heterocycles. The molecule has 0 bridgehead atoms. The van der Waals surface area contributed by atoms with E-state index in [4.69, 9.17) is 0 Å². The average Bonchev–Trinajstić information content (AvgIpc) is 3.21. The van der Waals surface area contributed by atoms with Crippen LogP contribution in [-0.2, 0) is 14.8 Å². The molecule has 0 spiro atoms. The van der Waals surface area contributed by atoms with Gasteiger partial charge in [-0.15, -0.1) is 0 Å². The summed E-state index contributed by atoms with van der Waals surface area (Å²) in [4.78, 5) is 17.4. The van der Waals surface area contributed by atoms with Crippen molar-refractivity contribution in [1.82, 2.24) is 15.4 Å². The molecule has 2 aliphatic rings. The zero-order chi connectivity index (χ0) is 19.4. The zero-order valence-electron chi connectivity index (χ0n) is 15.9. The molecule has 3 N–H and O–H groups in total. The van der Waals surface area contributed by atoms with Gasteiger partial charge < -0.3 is 10.6 Å². The summed E-state index contributed by atoms with van der Waals surface area (Å²) >= 11 is 0. The molecule has 7 nitrogen and oxygen atoms in total. The predicted octanol–water partition coefficient (Wildman–Crippen LogP) is 1.26. The van der Waals surface area contributed by atoms with Gasteiger partial charge in [0.05, 0.1) is 4.90 Å². The number of carbonyl (C=O) groups excluding carboxylic acids is 1. The highest BCUT2D eigenvalue weighted by molar-refractivity contribution is 7.90. The van der Waals surface area contributed by atoms with Crippen molar-refractivity contribution >= 4 is 21.8 Å². The molecule has 148 valence electrons. The van der Waals surface area contributed by atoms with E-state index in [-0.39, 0.29) is 22.6 Å². The quantitative estimate of drug-likeness (QED) is 0.650. The number of nitrogens with zero attached hydrogens (tertiary/aromatic N) is 1. The van der Waals surface area contributed by atoms with E-state index in [1.54, 1.807) is 24.3 Å². The van der Waals surface area contributed by atoms with Gasteiger partial charge in [0, 0.05) is 12.1 Å². The lowest BCUT2D eigenvalue weighted by molar-refractivity contribution is -0.122. The van der Waals surface area contributed by atoms with Crippen molar-refractivity contribution in [1.29, 1.82) is 0 Å². The number of aliphatic imine (C=N–C) groups is 1. The first kappa shape index (κ1) is 19.8. The van der Waals surface area contributed by atoms with Crippen molar-refractivity contribution in [2.75, 3.05) is 19.6 Å². The van der Waals surface area contributed by atoms with Crippen LogP contribution >= 0.6 is 0 Å². The van der Waals surface area contributed by atoms with E-state index in [1.807, 2.05) is 13.8 Å². The molecule has 1 aromatic rings. The second-order valence-corrected chi connectivity index (χ2v) is 9.31. The van der Waals surface area contributed by atoms with Crippen molar-refractivity contribution < 1.29 is 13.2 Å². The first-order valence-electron chi connectivity index (χ1n) is 9.55. The van der Waals surface area contributed by atoms with Crippen molar-refractivity contribution in [3.05, 3.63) is 29.8 Å². The minimum atomic E-state index is -3.60. The fraction of sp³-hybridized carbons (Fsp3) is 0.579. The second kappa shape index (κ2) is 8.39. The van der Waals surface area contributed by atoms with Gasteiger partial charge in [0.1, 0.15) is 11.9 Å². The van der Waals surface area contributed by atoms with Crippen molar-refractivity contribution in [2.45, 2.75) is 44.0 Å². The number of sulfonamides is 1. The summed E-state index contributed by atoms with van der Waals surface area (Å²) in [7, 11) is -3.60. The SMILES string of the molecule is CC(C)CC(N=C1NS(=O)(=O)c2ccccc21)C(=O)NCCC1CCNC1. The van der Waals surface area contributed by atoms with Gasteiger partial charge in [0.15, 0.2) is 0 Å². The van der Waals surface area contributed by atoms with Crippen LogP contribution in [0, 0.1) is 11.8 Å². The third-order valence-electron chi connectivity index (χ3n) is 4.96. The Morgan fingerprint density at radius 2 is 2.11 bits per heavy atom. The Labute approximate surface area is 161 Å². The number of amides is 1. The molecule has 1 amide bonds. The molecule has 3 rings (SSSR count). The Morgan fingerprint density at radius 1 is 1.33 bits per heavy atom. The lowest BCUT2D eigenvalue weighted by Crippen LogP contribution is -2.37. The summed E-state index contributed by atoms with van der Waals surface area (Å²) in [5.74, 6) is 0.975. The number of carbonyl (C=O) groups is 1. The molecule has 1 saturated heterocycles. The fourth-order valence-corrected chi connectivity index (χ4v) is 4.77. The third kappa shape index (κ3) is 4.87. The lowest BCUT2D eigenvalue weighted by atomic mass is 10.0. The maximum Gasteiger partial charge on any atom is 0.263 e. The smallest absolute Gasteiger partial charge is 0.263 e. The average molecular weight is 393 g/mol. The van der Waals surface area contributed by atoms with Crippen LogP contribution in [0.3, 0.4) is 0 Å². The van der Waals surface area contributed by atoms with Crippen LogP contribution in [-0.4, -0.2) is 45.8 Å². The molecule has 0 saturated carbocycles. The number of fused-ring (bicyclic) bond motifs is 1. The molecule has 0 aliphatic carbocycles. The molecular formula is C19H28N4O3S. The Kier molecular flexibility index (Phi) is 6.16. The molecule has 1 aromatic carbocycles. The molecule has 0 radical (unpaired) electrons. The number of hydrogen-bond donors (Lipinski definition) is 3. The summed E-state index contributed by atoms with van der Waals surface area (Å²) in [5.41, 5.74) is 0.524. The van der Waals surface area contributed by atoms with Gasteiger partial charge >= 0.3 is 0 Å². The molecule has 2 unspecified atom stereocenters. The molecule has 27 heavy (non-hydrogen) atoms. The Balaban J connectivity index is 1.73. The van der Waals surface area contributed by atoms with Crippen LogP contribution in [0.5, 0.6) is 0 Å². The highest BCUT2D eigenvalue weighted by Crippen LogP contribution is 2.23. The maximum absolute atomic E-state index is 12.7. The van der Waals surface area contributed by atoms with E-state index in [0.717, 1.165) is 25.9 Å². The van der Waals surface area contributed by atoms with Crippen LogP contribution in [0.2, 0.25) is 0 Å². The molecule has 1 fully saturated rings. The van der Waals surface area contributed by atoms with Gasteiger partial charge in [-0.25, -0.2) is 8.42 Å². The number of hydrogen-bond acceptors (Lipinski definition) is 5. The topological polar surface area (TPSA) is 99.7 Å². The minimum Gasteiger partial charge on any atom is -0.354 e. The van der Waals surface area contributed by atoms with Gasteiger partial charge in [-0.3, -0.25) is 14.5 Å². The summed E-state index contributed by atoms with van der Waals surface area (Å²) in [6, 6.07) is 6.09. The van der Waals surface area contributed by atoms with Crippen molar-refractivity contribution in [2.24, 2.45) is 16.8 Å². The van der Waals surface area contributed by atoms with Crippen molar-refractivity contribution in [3.63, 3.8) is 0 Å². The van der Waals surface area contributed by atoms with E-state index >= 15 is 0 Å². The predicted molar refractivity (Wildman–Crippen MR) is 105 cm³/mol. The Bertz CT molecular complexity index is 814. The van der Waals surface area contributed by atoms with E-state index in [0.29, 0.717) is 24.4 Å². The van der Waals surface area contributed by atoms with Crippen LogP contribution in [0.4, 0.5) is 0 Å². The monoisotopic (exact) mass is 392 g/mol. The molecule has 2 heterocycles. The largest absolute Gasteiger partial charge is 0.354 e. The highest BCUT2D eigenvalue weighted by atomic mass is 32.2. The van der Waals surface area contributed by atoms with Crippen LogP contribution in [0.25, 0.3) is 0 Å². The van der Waals surface area contributed by atoms with E-state index < -0.39 is 16.1 Å². The van der Waals surface area contributed by atoms with E-state index in [2.05, 4.69) is 20.3 Å². The van der Waals surface area contributed by atoms with Gasteiger partial charge in [-0.2, -0.15) is 0 Å². The maximum atomic E-state index is 12.7. The third-order valence-corrected chi connectivity index (χ3v) is 6.36. The number of amidine groups is 1. The second-order valence-electron chi connectivity index (χ2n) is 7.66. The first-order valence-corrected chi connectivity index (χ1v) is 11.0. The minimum absolute atomic E-state index is 0.147. The summed E-state index contributed by atoms with van der Waals surface area (Å²) in [6.07, 6.45) is 2.65. The van der Waals surface area contributed by atoms with E-state index in [9.17, 15) is 13.2 Å². The summed E-state index contributed by atoms with van der Waals surface area (Å²) < 4.78 is 27.0. The normalized spacial score (nSPS) is 23.2. The van der Waals surface area contributed by atoms with Gasteiger partial charge in [0.2, 0.25) is 5.91 Å². The molecular weight excluding hydrogens is 364 g/mol. The Hall–Kier alpha value is -1.93. The van der Waals surface area contributed by atoms with Crippen LogP contribution in [0.1, 0.15) is 38.7 Å². The zero-order valence-corrected chi connectivity index (χ0v) is 16.7. The molecule has 2 aliphatic heterocycles. The van der Waals surface area contributed by atoms with Gasteiger partial charge in [-0.05, 0) is 56.3 Å². The first-order chi connectivity index (χ1) is 12.9. The van der Waals surface area contributed by atoms with Crippen molar-refractivity contribution in [3.8, 4) is 0 Å². The summed E-state index contributed by atoms with van der Waals surface area (Å²) in [6.45, 7) is 6.72. The fourth-order valence-electron chi connectivity index (χ4n) is 3.53. The standard InChI is InChI=1S/C19H28N4O3S/c1-13(2)11-16(19(24)21-10-8-14-7-9-20-12-14)22-18-15-5-3-4-6-17(15)27(25,26)23-18/h3-6,13-14,16,20H,7-12H2,1-2H3,(H,21,24)(H,22,23). The van der Waals surface area contributed by atoms with Crippen LogP contribution < -0.4 is 15.4 Å². The van der Waals surface area contributed by atoms with E-state index in [1.165, 1.54) is 0 Å². The van der Waals surface area contributed by atoms with Gasteiger partial charge in [0.25, 0.3) is 10.0 Å². The number of nitrogens with one attached hydrogen (secondary N) is 3. The number of rotatable bonds is 7. The van der Waals surface area contributed by atoms with Gasteiger partial charge in [-0.1, -0.05) is 26.0 Å². The molecule has 8 heteroatoms. The highest BCUT2D eigenvalue weighted by Gasteiger charge is 2.32. The molecule has 2 atom stereocenters. The summed E-state index contributed by atoms with van der Waals surface area (Å²) in [5, 5.41) is 6.31.